The molecule has 0 aliphatic carbocycles. The molecule has 0 heterocycles. The molecule has 0 radical (unpaired) electrons. The minimum Gasteiger partial charge on any atom is -0.344 e. The van der Waals surface area contributed by atoms with E-state index in [0.717, 1.165) is 6.26 Å². The molecular weight excluding hydrogens is 309 g/mol. The Balaban J connectivity index is 2.91. The molecule has 1 amide bonds. The van der Waals surface area contributed by atoms with E-state index in [4.69, 9.17) is 23.2 Å². The fraction of sp³-hybridized carbons (Fsp3) is 0.417. The van der Waals surface area contributed by atoms with E-state index in [1.54, 1.807) is 6.92 Å². The summed E-state index contributed by atoms with van der Waals surface area (Å²) in [6.07, 6.45) is 1.11. The Bertz CT molecular complexity index is 551. The molecule has 106 valence electrons. The lowest BCUT2D eigenvalue weighted by Crippen LogP contribution is -2.49. The Morgan fingerprint density at radius 2 is 1.68 bits per heavy atom. The molecule has 0 aromatic heterocycles. The zero-order chi connectivity index (χ0) is 14.7. The topological polar surface area (TPSA) is 63.2 Å². The van der Waals surface area contributed by atoms with E-state index in [0.29, 0.717) is 5.56 Å². The molecule has 0 aliphatic heterocycles. The standard InChI is InChI=1S/C12H15Cl2NO3S/c1-12(7-13,8-14)15-11(16)9-3-5-10(6-4-9)19(2,17)18/h3-6H,7-8H2,1-2H3,(H,15,16). The first kappa shape index (κ1) is 16.3. The lowest BCUT2D eigenvalue weighted by Gasteiger charge is -2.25. The van der Waals surface area contributed by atoms with Crippen LogP contribution in [0.25, 0.3) is 0 Å². The van der Waals surface area contributed by atoms with Crippen molar-refractivity contribution in [2.45, 2.75) is 17.4 Å². The van der Waals surface area contributed by atoms with E-state index in [1.807, 2.05) is 0 Å². The summed E-state index contributed by atoms with van der Waals surface area (Å²) in [7, 11) is -3.26. The van der Waals surface area contributed by atoms with E-state index in [9.17, 15) is 13.2 Å². The van der Waals surface area contributed by atoms with Gasteiger partial charge in [0.1, 0.15) is 0 Å². The van der Waals surface area contributed by atoms with Crippen molar-refractivity contribution in [1.82, 2.24) is 5.32 Å². The van der Waals surface area contributed by atoms with Gasteiger partial charge >= 0.3 is 0 Å². The third-order valence-corrected chi connectivity index (χ3v) is 4.86. The summed E-state index contributed by atoms with van der Waals surface area (Å²) in [5.74, 6) is 0.0247. The second-order valence-corrected chi connectivity index (χ2v) is 7.13. The maximum atomic E-state index is 12.0. The number of hydrogen-bond acceptors (Lipinski definition) is 3. The van der Waals surface area contributed by atoms with Crippen molar-refractivity contribution in [2.24, 2.45) is 0 Å². The SMILES string of the molecule is CC(CCl)(CCl)NC(=O)c1ccc(S(C)(=O)=O)cc1. The van der Waals surface area contributed by atoms with E-state index >= 15 is 0 Å². The summed E-state index contributed by atoms with van der Waals surface area (Å²) < 4.78 is 22.6. The smallest absolute Gasteiger partial charge is 0.251 e. The zero-order valence-electron chi connectivity index (χ0n) is 10.6. The summed E-state index contributed by atoms with van der Waals surface area (Å²) in [6.45, 7) is 1.73. The molecule has 4 nitrogen and oxygen atoms in total. The monoisotopic (exact) mass is 323 g/mol. The van der Waals surface area contributed by atoms with Crippen LogP contribution in [0.5, 0.6) is 0 Å². The van der Waals surface area contributed by atoms with Crippen LogP contribution in [0, 0.1) is 0 Å². The van der Waals surface area contributed by atoms with Crippen molar-refractivity contribution in [2.75, 3.05) is 18.0 Å². The van der Waals surface area contributed by atoms with Gasteiger partial charge in [-0.05, 0) is 31.2 Å². The molecule has 0 saturated carbocycles. The van der Waals surface area contributed by atoms with Crippen LogP contribution in [0.2, 0.25) is 0 Å². The molecule has 1 aromatic carbocycles. The van der Waals surface area contributed by atoms with E-state index in [2.05, 4.69) is 5.32 Å². The number of carbonyl (C=O) groups excluding carboxylic acids is 1. The fourth-order valence-corrected chi connectivity index (χ4v) is 2.35. The second-order valence-electron chi connectivity index (χ2n) is 4.58. The average molecular weight is 324 g/mol. The van der Waals surface area contributed by atoms with Gasteiger partial charge in [0.15, 0.2) is 9.84 Å². The van der Waals surface area contributed by atoms with Gasteiger partial charge in [-0.25, -0.2) is 8.42 Å². The van der Waals surface area contributed by atoms with E-state index in [-0.39, 0.29) is 22.6 Å². The van der Waals surface area contributed by atoms with Gasteiger partial charge in [-0.2, -0.15) is 0 Å². The molecule has 1 rings (SSSR count). The summed E-state index contributed by atoms with van der Waals surface area (Å²) >= 11 is 11.5. The van der Waals surface area contributed by atoms with Crippen LogP contribution in [0.3, 0.4) is 0 Å². The van der Waals surface area contributed by atoms with Crippen LogP contribution in [-0.4, -0.2) is 37.9 Å². The third kappa shape index (κ3) is 4.37. The van der Waals surface area contributed by atoms with Gasteiger partial charge in [0, 0.05) is 23.6 Å². The molecule has 0 aliphatic rings. The maximum absolute atomic E-state index is 12.0. The fourth-order valence-electron chi connectivity index (χ4n) is 1.30. The first-order valence-corrected chi connectivity index (χ1v) is 8.42. The number of rotatable bonds is 5. The Morgan fingerprint density at radius 3 is 2.05 bits per heavy atom. The Hall–Kier alpha value is -0.780. The van der Waals surface area contributed by atoms with E-state index < -0.39 is 15.4 Å². The third-order valence-electron chi connectivity index (χ3n) is 2.55. The molecule has 1 aromatic rings. The van der Waals surface area contributed by atoms with Crippen LogP contribution >= 0.6 is 23.2 Å². The molecule has 0 saturated heterocycles. The molecule has 0 spiro atoms. The van der Waals surface area contributed by atoms with E-state index in [1.165, 1.54) is 24.3 Å². The molecule has 1 N–H and O–H groups in total. The van der Waals surface area contributed by atoms with Crippen molar-refractivity contribution in [3.8, 4) is 0 Å². The highest BCUT2D eigenvalue weighted by molar-refractivity contribution is 7.90. The van der Waals surface area contributed by atoms with Gasteiger partial charge in [-0.3, -0.25) is 4.79 Å². The van der Waals surface area contributed by atoms with Crippen molar-refractivity contribution < 1.29 is 13.2 Å². The molecule has 0 atom stereocenters. The summed E-state index contributed by atoms with van der Waals surface area (Å²) in [5.41, 5.74) is -0.343. The highest BCUT2D eigenvalue weighted by Gasteiger charge is 2.24. The van der Waals surface area contributed by atoms with Gasteiger partial charge < -0.3 is 5.32 Å². The minimum atomic E-state index is -3.26. The molecule has 7 heteroatoms. The van der Waals surface area contributed by atoms with Crippen LogP contribution < -0.4 is 5.32 Å². The number of sulfone groups is 1. The first-order chi connectivity index (χ1) is 8.72. The minimum absolute atomic E-state index is 0.168. The average Bonchev–Trinajstić information content (AvgIpc) is 2.37. The maximum Gasteiger partial charge on any atom is 0.251 e. The number of carbonyl (C=O) groups is 1. The predicted molar refractivity (Wildman–Crippen MR) is 76.9 cm³/mol. The zero-order valence-corrected chi connectivity index (χ0v) is 12.9. The number of nitrogens with one attached hydrogen (secondary N) is 1. The largest absolute Gasteiger partial charge is 0.344 e. The van der Waals surface area contributed by atoms with Gasteiger partial charge in [-0.1, -0.05) is 0 Å². The van der Waals surface area contributed by atoms with Crippen molar-refractivity contribution >= 4 is 38.9 Å². The summed E-state index contributed by atoms with van der Waals surface area (Å²) in [6, 6.07) is 5.69. The number of alkyl halides is 2. The highest BCUT2D eigenvalue weighted by Crippen LogP contribution is 2.13. The van der Waals surface area contributed by atoms with Crippen LogP contribution in [0.15, 0.2) is 29.2 Å². The highest BCUT2D eigenvalue weighted by atomic mass is 35.5. The van der Waals surface area contributed by atoms with Crippen LogP contribution in [0.4, 0.5) is 0 Å². The van der Waals surface area contributed by atoms with Gasteiger partial charge in [0.05, 0.1) is 10.4 Å². The first-order valence-electron chi connectivity index (χ1n) is 5.46. The lowest BCUT2D eigenvalue weighted by molar-refractivity contribution is 0.0921. The van der Waals surface area contributed by atoms with Crippen molar-refractivity contribution in [1.29, 1.82) is 0 Å². The Labute approximate surface area is 123 Å². The summed E-state index contributed by atoms with van der Waals surface area (Å²) in [5, 5.41) is 2.71. The number of benzene rings is 1. The Kier molecular flexibility index (Phi) is 5.24. The quantitative estimate of drug-likeness (QED) is 0.843. The molecule has 0 bridgehead atoms. The van der Waals surface area contributed by atoms with Gasteiger partial charge in [-0.15, -0.1) is 23.2 Å². The second kappa shape index (κ2) is 6.11. The molecular formula is C12H15Cl2NO3S. The van der Waals surface area contributed by atoms with Crippen molar-refractivity contribution in [3.63, 3.8) is 0 Å². The van der Waals surface area contributed by atoms with Crippen LogP contribution in [0.1, 0.15) is 17.3 Å². The Morgan fingerprint density at radius 1 is 1.21 bits per heavy atom. The van der Waals surface area contributed by atoms with Gasteiger partial charge in [0.2, 0.25) is 0 Å². The predicted octanol–water partition coefficient (Wildman–Crippen LogP) is 2.06. The number of amides is 1. The van der Waals surface area contributed by atoms with Crippen LogP contribution in [-0.2, 0) is 9.84 Å². The number of halogens is 2. The lowest BCUT2D eigenvalue weighted by atomic mass is 10.1. The number of hydrogen-bond donors (Lipinski definition) is 1. The molecule has 19 heavy (non-hydrogen) atoms. The molecule has 0 fully saturated rings. The van der Waals surface area contributed by atoms with Crippen molar-refractivity contribution in [3.05, 3.63) is 29.8 Å². The normalized spacial score (nSPS) is 12.2. The van der Waals surface area contributed by atoms with Gasteiger partial charge in [0.25, 0.3) is 5.91 Å². The molecule has 0 unspecified atom stereocenters. The summed E-state index contributed by atoms with van der Waals surface area (Å²) in [4.78, 5) is 12.1.